The Morgan fingerprint density at radius 3 is 0.984 bits per heavy atom. The van der Waals surface area contributed by atoms with Gasteiger partial charge in [-0.15, -0.1) is 0 Å². The predicted octanol–water partition coefficient (Wildman–Crippen LogP) is -1.05. The largest absolute Gasteiger partial charge is 0.480 e. The second-order valence-electron chi connectivity index (χ2n) is 16.0. The van der Waals surface area contributed by atoms with Crippen LogP contribution in [0.5, 0.6) is 0 Å². The molecular formula is C41H62N10O12. The van der Waals surface area contributed by atoms with E-state index in [4.69, 9.17) is 9.97 Å². The highest BCUT2D eigenvalue weighted by Crippen LogP contribution is 2.17. The fourth-order valence-electron chi connectivity index (χ4n) is 7.65. The van der Waals surface area contributed by atoms with Gasteiger partial charge in [0, 0.05) is 98.3 Å². The summed E-state index contributed by atoms with van der Waals surface area (Å²) < 4.78 is 0. The highest BCUT2D eigenvalue weighted by atomic mass is 16.4. The number of carboxylic acids is 6. The lowest BCUT2D eigenvalue weighted by Crippen LogP contribution is -2.54. The van der Waals surface area contributed by atoms with Crippen molar-refractivity contribution in [2.24, 2.45) is 0 Å². The molecule has 0 amide bonds. The van der Waals surface area contributed by atoms with Crippen LogP contribution in [-0.2, 0) is 54.9 Å². The summed E-state index contributed by atoms with van der Waals surface area (Å²) in [7, 11) is 0. The lowest BCUT2D eigenvalue weighted by atomic mass is 10.1. The van der Waals surface area contributed by atoms with Crippen LogP contribution in [0.2, 0.25) is 0 Å². The van der Waals surface area contributed by atoms with E-state index < -0.39 is 72.1 Å². The van der Waals surface area contributed by atoms with Crippen LogP contribution in [0.25, 0.3) is 0 Å². The van der Waals surface area contributed by atoms with Gasteiger partial charge >= 0.3 is 35.8 Å². The fraction of sp³-hybridized carbons (Fsp3) is 0.610. The summed E-state index contributed by atoms with van der Waals surface area (Å²) in [5.74, 6) is -6.52. The van der Waals surface area contributed by atoms with Crippen molar-refractivity contribution in [2.45, 2.75) is 90.1 Å². The minimum Gasteiger partial charge on any atom is -0.480 e. The summed E-state index contributed by atoms with van der Waals surface area (Å²) in [6, 6.07) is 4.65. The Kier molecular flexibility index (Phi) is 19.2. The zero-order valence-electron chi connectivity index (χ0n) is 36.2. The molecule has 4 heterocycles. The summed E-state index contributed by atoms with van der Waals surface area (Å²) in [5, 5.41) is 66.5. The molecule has 2 aliphatic rings. The average molecular weight is 887 g/mol. The molecule has 4 bridgehead atoms. The molecule has 2 aromatic heterocycles. The Morgan fingerprint density at radius 1 is 0.444 bits per heavy atom. The third-order valence-corrected chi connectivity index (χ3v) is 11.9. The number of carbonyl (C=O) groups is 6. The summed E-state index contributed by atoms with van der Waals surface area (Å²) in [6.07, 6.45) is 0. The molecule has 2 aromatic rings. The summed E-state index contributed by atoms with van der Waals surface area (Å²) >= 11 is 0. The van der Waals surface area contributed by atoms with Crippen LogP contribution in [0.15, 0.2) is 36.4 Å². The SMILES string of the molecule is CC(C(=O)O)N1CCN(C(C)C(=O)O)Cc2cccc(n2)CN(C(CNCNCC(C(=O)O)N2CCN(C(C)C(=O)O)CCN(C(C)C(=O)O)Cc3cccc(n3)C2)C(=O)O)CC1. The highest BCUT2D eigenvalue weighted by Gasteiger charge is 2.33. The molecule has 0 fully saturated rings. The Labute approximate surface area is 366 Å². The zero-order chi connectivity index (χ0) is 46.4. The van der Waals surface area contributed by atoms with Gasteiger partial charge in [0.2, 0.25) is 0 Å². The molecule has 22 heteroatoms. The van der Waals surface area contributed by atoms with Gasteiger partial charge < -0.3 is 41.3 Å². The van der Waals surface area contributed by atoms with Crippen LogP contribution >= 0.6 is 0 Å². The lowest BCUT2D eigenvalue weighted by Gasteiger charge is -2.36. The molecule has 6 unspecified atom stereocenters. The number of hydrogen-bond acceptors (Lipinski definition) is 16. The third kappa shape index (κ3) is 15.0. The Bertz CT molecular complexity index is 1760. The van der Waals surface area contributed by atoms with E-state index in [9.17, 15) is 59.4 Å². The molecule has 0 saturated carbocycles. The van der Waals surface area contributed by atoms with Gasteiger partial charge in [-0.3, -0.25) is 68.1 Å². The van der Waals surface area contributed by atoms with Crippen LogP contribution in [-0.4, -0.2) is 214 Å². The Balaban J connectivity index is 1.50. The first-order chi connectivity index (χ1) is 29.9. The van der Waals surface area contributed by atoms with Crippen molar-refractivity contribution in [3.05, 3.63) is 59.2 Å². The molecule has 8 N–H and O–H groups in total. The molecule has 4 rings (SSSR count). The zero-order valence-corrected chi connectivity index (χ0v) is 36.2. The molecule has 0 saturated heterocycles. The molecule has 22 nitrogen and oxygen atoms in total. The van der Waals surface area contributed by atoms with Crippen molar-refractivity contribution >= 4 is 35.8 Å². The van der Waals surface area contributed by atoms with E-state index in [0.717, 1.165) is 0 Å². The van der Waals surface area contributed by atoms with Gasteiger partial charge in [-0.1, -0.05) is 12.1 Å². The number of pyridine rings is 2. The van der Waals surface area contributed by atoms with Crippen molar-refractivity contribution in [3.8, 4) is 0 Å². The molecule has 6 atom stereocenters. The van der Waals surface area contributed by atoms with Crippen molar-refractivity contribution in [1.29, 1.82) is 0 Å². The fourth-order valence-corrected chi connectivity index (χ4v) is 7.65. The van der Waals surface area contributed by atoms with E-state index >= 15 is 0 Å². The first kappa shape index (κ1) is 50.4. The van der Waals surface area contributed by atoms with Gasteiger partial charge in [-0.2, -0.15) is 0 Å². The monoisotopic (exact) mass is 886 g/mol. The van der Waals surface area contributed by atoms with Gasteiger partial charge in [0.25, 0.3) is 0 Å². The van der Waals surface area contributed by atoms with E-state index in [0.29, 0.717) is 22.8 Å². The van der Waals surface area contributed by atoms with Gasteiger partial charge in [0.15, 0.2) is 0 Å². The number of aromatic nitrogens is 2. The average Bonchev–Trinajstić information content (AvgIpc) is 3.22. The van der Waals surface area contributed by atoms with Gasteiger partial charge in [-0.05, 0) is 52.0 Å². The molecule has 0 spiro atoms. The molecule has 0 aromatic carbocycles. The van der Waals surface area contributed by atoms with E-state index in [-0.39, 0.29) is 98.3 Å². The summed E-state index contributed by atoms with van der Waals surface area (Å²) in [4.78, 5) is 93.4. The highest BCUT2D eigenvalue weighted by molar-refractivity contribution is 5.75. The van der Waals surface area contributed by atoms with E-state index in [1.807, 2.05) is 0 Å². The van der Waals surface area contributed by atoms with Gasteiger partial charge in [0.1, 0.15) is 36.3 Å². The Hall–Kier alpha value is -5.20. The van der Waals surface area contributed by atoms with Crippen LogP contribution in [0.1, 0.15) is 50.5 Å². The molecule has 0 aliphatic carbocycles. The topological polar surface area (TPSA) is 293 Å². The number of rotatable bonds is 18. The van der Waals surface area contributed by atoms with Crippen LogP contribution in [0.3, 0.4) is 0 Å². The van der Waals surface area contributed by atoms with Crippen LogP contribution in [0.4, 0.5) is 0 Å². The summed E-state index contributed by atoms with van der Waals surface area (Å²) in [5.41, 5.74) is 2.22. The van der Waals surface area contributed by atoms with E-state index in [1.165, 1.54) is 13.8 Å². The quantitative estimate of drug-likeness (QED) is 0.0655. The molecule has 2 aliphatic heterocycles. The summed E-state index contributed by atoms with van der Waals surface area (Å²) in [6.45, 7) is 7.92. The van der Waals surface area contributed by atoms with Gasteiger partial charge in [-0.25, -0.2) is 0 Å². The number of fused-ring (bicyclic) bond motifs is 4. The maximum absolute atomic E-state index is 12.8. The molecule has 348 valence electrons. The first-order valence-electron chi connectivity index (χ1n) is 21.0. The number of aliphatic carboxylic acids is 6. The molecule has 0 radical (unpaired) electrons. The van der Waals surface area contributed by atoms with Crippen molar-refractivity contribution < 1.29 is 59.4 Å². The van der Waals surface area contributed by atoms with Crippen molar-refractivity contribution in [3.63, 3.8) is 0 Å². The number of carboxylic acid groups (broad SMARTS) is 6. The van der Waals surface area contributed by atoms with Crippen LogP contribution < -0.4 is 10.6 Å². The number of nitrogens with zero attached hydrogens (tertiary/aromatic N) is 8. The lowest BCUT2D eigenvalue weighted by molar-refractivity contribution is -0.146. The van der Waals surface area contributed by atoms with E-state index in [2.05, 4.69) is 10.6 Å². The van der Waals surface area contributed by atoms with Crippen molar-refractivity contribution in [2.75, 3.05) is 72.1 Å². The normalized spacial score (nSPS) is 20.3. The van der Waals surface area contributed by atoms with Crippen LogP contribution in [0, 0.1) is 0 Å². The maximum Gasteiger partial charge on any atom is 0.322 e. The third-order valence-electron chi connectivity index (χ3n) is 11.9. The second-order valence-corrected chi connectivity index (χ2v) is 16.0. The molecular weight excluding hydrogens is 825 g/mol. The van der Waals surface area contributed by atoms with Crippen molar-refractivity contribution in [1.82, 2.24) is 50.0 Å². The number of nitrogens with one attached hydrogen (secondary N) is 2. The maximum atomic E-state index is 12.8. The Morgan fingerprint density at radius 2 is 0.698 bits per heavy atom. The second kappa shape index (κ2) is 24.0. The standard InChI is InChI=1S/C41H62N10O12/c1-26(36(52)53)46-11-15-48(28(3)38(56)57)21-30-7-5-9-32(44-30)23-50(17-13-46)34(40(60)61)19-42-25-43-20-35(41(62)63)51-18-14-47(27(2)37(54)55)12-16-49(29(4)39(58)59)22-31-8-6-10-33(24-51)45-31/h5-10,26-29,34-35,42-43H,11-25H2,1-4H3,(H,52,53)(H,54,55)(H,56,57)(H,58,59)(H,60,61)(H,62,63). The minimum absolute atomic E-state index is 0.0102. The van der Waals surface area contributed by atoms with E-state index in [1.54, 1.807) is 79.6 Å². The minimum atomic E-state index is -1.15. The number of hydrogen-bond donors (Lipinski definition) is 8. The predicted molar refractivity (Wildman–Crippen MR) is 225 cm³/mol. The molecule has 63 heavy (non-hydrogen) atoms. The van der Waals surface area contributed by atoms with Gasteiger partial charge in [0.05, 0.1) is 22.8 Å². The first-order valence-corrected chi connectivity index (χ1v) is 21.0. The smallest absolute Gasteiger partial charge is 0.322 e.